The second kappa shape index (κ2) is 37.5. The van der Waals surface area contributed by atoms with Crippen molar-refractivity contribution in [2.75, 3.05) is 0 Å². The van der Waals surface area contributed by atoms with E-state index in [0.29, 0.717) is 28.5 Å². The van der Waals surface area contributed by atoms with E-state index in [-0.39, 0.29) is 41.8 Å². The fourth-order valence-corrected chi connectivity index (χ4v) is 10.5. The van der Waals surface area contributed by atoms with Crippen LogP contribution in [0.1, 0.15) is 77.1 Å². The highest BCUT2D eigenvalue weighted by Gasteiger charge is 2.08. The molecule has 0 aliphatic heterocycles. The van der Waals surface area contributed by atoms with E-state index >= 15 is 0 Å². The van der Waals surface area contributed by atoms with Gasteiger partial charge in [-0.3, -0.25) is 14.4 Å². The van der Waals surface area contributed by atoms with Crippen molar-refractivity contribution in [1.29, 1.82) is 0 Å². The van der Waals surface area contributed by atoms with Crippen LogP contribution in [0.25, 0.3) is 103 Å². The molecule has 14 heteroatoms. The summed E-state index contributed by atoms with van der Waals surface area (Å²) in [5.74, 6) is 7.12. The molecule has 0 bridgehead atoms. The largest absolute Gasteiger partial charge is 0.507 e. The third kappa shape index (κ3) is 22.0. The molecule has 10 aromatic carbocycles. The zero-order valence-electron chi connectivity index (χ0n) is 57.5. The van der Waals surface area contributed by atoms with Gasteiger partial charge in [0.15, 0.2) is 0 Å². The Morgan fingerprint density at radius 1 is 0.276 bits per heavy atom. The SMILES string of the molecule is CC(=O)Oc1ccccc1/C=C\c1ccc2ccccc2n1.CC(=O)Oc1ccccc1/C=C\c1ccc2ccccc2n1.CC(=O)Oc1ccccc1C#Cc1ccc2ccccc2n1.Cl.Oc1ccccc1/C=C\c1ccc2ccccc2n1.Oc1ccccc1/C=C\c1ccc2ccccc2n1. The van der Waals surface area contributed by atoms with Crippen LogP contribution < -0.4 is 14.2 Å². The third-order valence-electron chi connectivity index (χ3n) is 15.5. The summed E-state index contributed by atoms with van der Waals surface area (Å²) in [7, 11) is 0. The Hall–Kier alpha value is -13.9. The summed E-state index contributed by atoms with van der Waals surface area (Å²) in [6.45, 7) is 4.16. The van der Waals surface area contributed by atoms with Gasteiger partial charge in [0, 0.05) is 70.0 Å². The van der Waals surface area contributed by atoms with Gasteiger partial charge in [0.25, 0.3) is 0 Å². The lowest BCUT2D eigenvalue weighted by molar-refractivity contribution is -0.132. The second-order valence-electron chi connectivity index (χ2n) is 23.2. The molecule has 5 aromatic heterocycles. The van der Waals surface area contributed by atoms with E-state index in [9.17, 15) is 24.6 Å². The number of aromatic hydroxyl groups is 2. The molecule has 0 spiro atoms. The quantitative estimate of drug-likeness (QED) is 0.0709. The summed E-state index contributed by atoms with van der Waals surface area (Å²) in [6, 6.07) is 96.3. The van der Waals surface area contributed by atoms with Crippen molar-refractivity contribution in [3.63, 3.8) is 0 Å². The van der Waals surface area contributed by atoms with Gasteiger partial charge in [-0.2, -0.15) is 0 Å². The first-order valence-electron chi connectivity index (χ1n) is 33.2. The van der Waals surface area contributed by atoms with Gasteiger partial charge in [-0.15, -0.1) is 12.4 Å². The first-order chi connectivity index (χ1) is 50.8. The predicted octanol–water partition coefficient (Wildman–Crippen LogP) is 20.9. The van der Waals surface area contributed by atoms with Gasteiger partial charge in [0.1, 0.15) is 34.4 Å². The monoisotopic (exact) mass is 1400 g/mol. The Kier molecular flexibility index (Phi) is 26.3. The minimum absolute atomic E-state index is 0. The fraction of sp³-hybridized carbons (Fsp3) is 0.0330. The molecule has 0 atom stereocenters. The number of aromatic nitrogens is 5. The lowest BCUT2D eigenvalue weighted by atomic mass is 10.1. The predicted molar refractivity (Wildman–Crippen MR) is 427 cm³/mol. The number of phenolic OH excluding ortho intramolecular Hbond substituents is 2. The van der Waals surface area contributed by atoms with E-state index in [0.717, 1.165) is 99.5 Å². The number of hydrogen-bond donors (Lipinski definition) is 2. The van der Waals surface area contributed by atoms with E-state index in [1.54, 1.807) is 48.5 Å². The molecule has 0 amide bonds. The molecule has 0 radical (unpaired) electrons. The van der Waals surface area contributed by atoms with Crippen LogP contribution in [0.5, 0.6) is 28.7 Å². The number of pyridine rings is 5. The van der Waals surface area contributed by atoms with Gasteiger partial charge in [-0.05, 0) is 152 Å². The zero-order valence-corrected chi connectivity index (χ0v) is 58.3. The number of benzene rings is 10. The van der Waals surface area contributed by atoms with Gasteiger partial charge in [-0.25, -0.2) is 24.9 Å². The van der Waals surface area contributed by atoms with Gasteiger partial charge in [0.2, 0.25) is 0 Å². The van der Waals surface area contributed by atoms with Gasteiger partial charge in [-0.1, -0.05) is 212 Å². The number of ether oxygens (including phenoxy) is 3. The molecule has 0 saturated carbocycles. The number of carbonyl (C=O) groups is 3. The summed E-state index contributed by atoms with van der Waals surface area (Å²) in [6.07, 6.45) is 15.2. The van der Waals surface area contributed by atoms with Crippen LogP contribution in [0.2, 0.25) is 0 Å². The molecule has 0 fully saturated rings. The van der Waals surface area contributed by atoms with Crippen LogP contribution in [0.3, 0.4) is 0 Å². The van der Waals surface area contributed by atoms with Crippen molar-refractivity contribution in [2.45, 2.75) is 20.8 Å². The molecule has 514 valence electrons. The average Bonchev–Trinajstić information content (AvgIpc) is 0.912. The second-order valence-corrected chi connectivity index (χ2v) is 23.2. The van der Waals surface area contributed by atoms with Crippen molar-refractivity contribution in [3.05, 3.63) is 360 Å². The molecular formula is C91H70ClN5O8. The van der Waals surface area contributed by atoms with Crippen LogP contribution >= 0.6 is 12.4 Å². The molecule has 0 aliphatic rings. The number of nitrogens with zero attached hydrogens (tertiary/aromatic N) is 5. The first kappa shape index (κ1) is 73.8. The summed E-state index contributed by atoms with van der Waals surface area (Å²) in [5, 5.41) is 24.9. The number of halogens is 1. The molecule has 0 unspecified atom stereocenters. The fourth-order valence-electron chi connectivity index (χ4n) is 10.5. The first-order valence-corrected chi connectivity index (χ1v) is 33.2. The number of hydrogen-bond acceptors (Lipinski definition) is 13. The molecule has 5 heterocycles. The van der Waals surface area contributed by atoms with Crippen LogP contribution in [0, 0.1) is 11.8 Å². The minimum Gasteiger partial charge on any atom is -0.507 e. The Labute approximate surface area is 614 Å². The molecule has 105 heavy (non-hydrogen) atoms. The van der Waals surface area contributed by atoms with Crippen molar-refractivity contribution < 1.29 is 38.8 Å². The summed E-state index contributed by atoms with van der Waals surface area (Å²) in [5.41, 5.74) is 12.8. The zero-order chi connectivity index (χ0) is 72.2. The van der Waals surface area contributed by atoms with E-state index in [1.165, 1.54) is 20.8 Å². The number of rotatable bonds is 11. The molecule has 0 saturated heterocycles. The maximum Gasteiger partial charge on any atom is 0.308 e. The average molecular weight is 1400 g/mol. The van der Waals surface area contributed by atoms with Crippen LogP contribution in [-0.2, 0) is 14.4 Å². The highest BCUT2D eigenvalue weighted by Crippen LogP contribution is 2.26. The minimum atomic E-state index is -0.363. The number of para-hydroxylation sites is 10. The number of carbonyl (C=O) groups excluding carboxylic acids is 3. The van der Waals surface area contributed by atoms with Crippen LogP contribution in [0.15, 0.2) is 303 Å². The van der Waals surface area contributed by atoms with Crippen molar-refractivity contribution in [2.24, 2.45) is 0 Å². The van der Waals surface area contributed by atoms with Crippen LogP contribution in [0.4, 0.5) is 0 Å². The standard InChI is InChI=1S/2C19H15NO2.C19H13NO2.2C17H13NO.ClH/c3*1-14(21)22-19-9-5-3-7-16(19)11-13-17-12-10-15-6-2-4-8-18(15)20-17;2*19-17-8-4-2-6-14(17)10-12-15-11-9-13-5-1-3-7-16(13)18-15;/h2*2-13H,1H3;2-10,12H,1H3;2*1-12,19H;1H/b2*13-11-;;2*12-10-;. The van der Waals surface area contributed by atoms with E-state index in [1.807, 2.05) is 303 Å². The molecule has 15 aromatic rings. The van der Waals surface area contributed by atoms with E-state index < -0.39 is 0 Å². The van der Waals surface area contributed by atoms with Crippen molar-refractivity contribution in [3.8, 4) is 40.6 Å². The van der Waals surface area contributed by atoms with Crippen molar-refractivity contribution >= 4 is 133 Å². The molecular weight excluding hydrogens is 1330 g/mol. The Morgan fingerprint density at radius 3 is 0.895 bits per heavy atom. The summed E-state index contributed by atoms with van der Waals surface area (Å²) >= 11 is 0. The molecule has 2 N–H and O–H groups in total. The highest BCUT2D eigenvalue weighted by molar-refractivity contribution is 5.87. The maximum atomic E-state index is 11.1. The summed E-state index contributed by atoms with van der Waals surface area (Å²) < 4.78 is 15.5. The Morgan fingerprint density at radius 2 is 0.543 bits per heavy atom. The number of phenols is 2. The maximum absolute atomic E-state index is 11.1. The topological polar surface area (TPSA) is 184 Å². The van der Waals surface area contributed by atoms with Gasteiger partial charge >= 0.3 is 17.9 Å². The Balaban J connectivity index is 0.000000141. The molecule has 13 nitrogen and oxygen atoms in total. The van der Waals surface area contributed by atoms with Gasteiger partial charge < -0.3 is 24.4 Å². The summed E-state index contributed by atoms with van der Waals surface area (Å²) in [4.78, 5) is 56.1. The third-order valence-corrected chi connectivity index (χ3v) is 15.5. The normalized spacial score (nSPS) is 10.7. The lowest BCUT2D eigenvalue weighted by Crippen LogP contribution is -2.02. The van der Waals surface area contributed by atoms with Crippen molar-refractivity contribution in [1.82, 2.24) is 24.9 Å². The van der Waals surface area contributed by atoms with E-state index in [4.69, 9.17) is 14.2 Å². The Bertz CT molecular complexity index is 5470. The number of fused-ring (bicyclic) bond motifs is 5. The smallest absolute Gasteiger partial charge is 0.308 e. The molecule has 15 rings (SSSR count). The highest BCUT2D eigenvalue weighted by atomic mass is 35.5. The van der Waals surface area contributed by atoms with Crippen LogP contribution in [-0.4, -0.2) is 53.0 Å². The lowest BCUT2D eigenvalue weighted by Gasteiger charge is -2.04. The van der Waals surface area contributed by atoms with Gasteiger partial charge in [0.05, 0.1) is 55.9 Å². The molecule has 0 aliphatic carbocycles. The van der Waals surface area contributed by atoms with E-state index in [2.05, 4.69) is 36.8 Å². The number of esters is 3.